The summed E-state index contributed by atoms with van der Waals surface area (Å²) in [4.78, 5) is 15.6. The number of amides is 1. The van der Waals surface area contributed by atoms with E-state index in [1.54, 1.807) is 24.5 Å². The van der Waals surface area contributed by atoms with Crippen molar-refractivity contribution in [1.82, 2.24) is 10.3 Å². The first kappa shape index (κ1) is 13.5. The number of hydrogen-bond donors (Lipinski definition) is 1. The van der Waals surface area contributed by atoms with Gasteiger partial charge in [0.25, 0.3) is 5.91 Å². The molecule has 2 rings (SSSR count). The summed E-state index contributed by atoms with van der Waals surface area (Å²) in [7, 11) is 0. The van der Waals surface area contributed by atoms with Crippen molar-refractivity contribution in [2.45, 2.75) is 6.54 Å². The molecular formula is C14H13BrN2O2. The number of ether oxygens (including phenoxy) is 1. The number of nitrogens with zero attached hydrogens (tertiary/aromatic N) is 1. The molecule has 0 fully saturated rings. The van der Waals surface area contributed by atoms with E-state index in [-0.39, 0.29) is 12.5 Å². The molecule has 1 N–H and O–H groups in total. The molecule has 0 bridgehead atoms. The van der Waals surface area contributed by atoms with E-state index in [1.807, 2.05) is 24.3 Å². The Balaban J connectivity index is 1.74. The maximum atomic E-state index is 11.6. The van der Waals surface area contributed by atoms with Crippen LogP contribution in [0.15, 0.2) is 53.3 Å². The number of carbonyl (C=O) groups excluding carboxylic acids is 1. The molecule has 1 amide bonds. The zero-order chi connectivity index (χ0) is 13.5. The summed E-state index contributed by atoms with van der Waals surface area (Å²) in [6.45, 7) is 0.457. The number of hydrogen-bond acceptors (Lipinski definition) is 3. The average Bonchev–Trinajstić information content (AvgIpc) is 2.45. The molecular weight excluding hydrogens is 308 g/mol. The first-order valence-electron chi connectivity index (χ1n) is 5.78. The third-order valence-corrected chi connectivity index (χ3v) is 2.92. The van der Waals surface area contributed by atoms with Crippen LogP contribution >= 0.6 is 15.9 Å². The summed E-state index contributed by atoms with van der Waals surface area (Å²) in [5.74, 6) is 0.506. The Hall–Kier alpha value is -1.88. The third-order valence-electron chi connectivity index (χ3n) is 2.40. The van der Waals surface area contributed by atoms with Crippen LogP contribution < -0.4 is 10.1 Å². The van der Waals surface area contributed by atoms with Gasteiger partial charge in [-0.1, -0.05) is 22.0 Å². The molecule has 0 aliphatic heterocycles. The maximum absolute atomic E-state index is 11.6. The van der Waals surface area contributed by atoms with Crippen molar-refractivity contribution >= 4 is 21.8 Å². The Morgan fingerprint density at radius 2 is 2.05 bits per heavy atom. The van der Waals surface area contributed by atoms with Crippen LogP contribution in [0.25, 0.3) is 0 Å². The fourth-order valence-corrected chi connectivity index (χ4v) is 1.70. The second-order valence-electron chi connectivity index (χ2n) is 3.88. The minimum Gasteiger partial charge on any atom is -0.484 e. The Labute approximate surface area is 119 Å². The molecule has 0 aliphatic carbocycles. The quantitative estimate of drug-likeness (QED) is 0.921. The van der Waals surface area contributed by atoms with E-state index >= 15 is 0 Å². The van der Waals surface area contributed by atoms with Crippen LogP contribution in [0, 0.1) is 0 Å². The normalized spacial score (nSPS) is 9.95. The smallest absolute Gasteiger partial charge is 0.258 e. The SMILES string of the molecule is O=C(COc1ccc(Br)cc1)NCc1cccnc1. The fourth-order valence-electron chi connectivity index (χ4n) is 1.43. The van der Waals surface area contributed by atoms with Crippen LogP contribution in [0.3, 0.4) is 0 Å². The Kier molecular flexibility index (Phi) is 4.92. The van der Waals surface area contributed by atoms with Gasteiger partial charge < -0.3 is 10.1 Å². The molecule has 0 radical (unpaired) electrons. The monoisotopic (exact) mass is 320 g/mol. The van der Waals surface area contributed by atoms with Crippen molar-refractivity contribution in [3.05, 3.63) is 58.8 Å². The molecule has 1 aromatic carbocycles. The van der Waals surface area contributed by atoms with E-state index in [2.05, 4.69) is 26.2 Å². The van der Waals surface area contributed by atoms with Crippen LogP contribution in [0.2, 0.25) is 0 Å². The number of benzene rings is 1. The van der Waals surface area contributed by atoms with Crippen LogP contribution in [0.5, 0.6) is 5.75 Å². The highest BCUT2D eigenvalue weighted by Crippen LogP contribution is 2.15. The number of carbonyl (C=O) groups is 1. The lowest BCUT2D eigenvalue weighted by molar-refractivity contribution is -0.123. The number of halogens is 1. The molecule has 5 heteroatoms. The van der Waals surface area contributed by atoms with Gasteiger partial charge in [-0.15, -0.1) is 0 Å². The maximum Gasteiger partial charge on any atom is 0.258 e. The minimum atomic E-state index is -0.160. The van der Waals surface area contributed by atoms with E-state index < -0.39 is 0 Å². The Bertz CT molecular complexity index is 529. The van der Waals surface area contributed by atoms with Crippen molar-refractivity contribution in [1.29, 1.82) is 0 Å². The summed E-state index contributed by atoms with van der Waals surface area (Å²) in [5, 5.41) is 2.77. The third kappa shape index (κ3) is 4.71. The van der Waals surface area contributed by atoms with Gasteiger partial charge in [0.2, 0.25) is 0 Å². The van der Waals surface area contributed by atoms with Crippen molar-refractivity contribution in [2.75, 3.05) is 6.61 Å². The number of pyridine rings is 1. The molecule has 0 saturated carbocycles. The van der Waals surface area contributed by atoms with Crippen molar-refractivity contribution in [3.8, 4) is 5.75 Å². The molecule has 2 aromatic rings. The minimum absolute atomic E-state index is 0.00188. The molecule has 0 aliphatic rings. The zero-order valence-corrected chi connectivity index (χ0v) is 11.8. The molecule has 0 unspecified atom stereocenters. The summed E-state index contributed by atoms with van der Waals surface area (Å²) in [5.41, 5.74) is 0.958. The van der Waals surface area contributed by atoms with Gasteiger partial charge >= 0.3 is 0 Å². The predicted octanol–water partition coefficient (Wildman–Crippen LogP) is 2.54. The van der Waals surface area contributed by atoms with E-state index in [1.165, 1.54) is 0 Å². The molecule has 19 heavy (non-hydrogen) atoms. The van der Waals surface area contributed by atoms with E-state index in [9.17, 15) is 4.79 Å². The predicted molar refractivity (Wildman–Crippen MR) is 75.7 cm³/mol. The lowest BCUT2D eigenvalue weighted by Crippen LogP contribution is -2.28. The van der Waals surface area contributed by atoms with E-state index in [0.29, 0.717) is 12.3 Å². The lowest BCUT2D eigenvalue weighted by Gasteiger charge is -2.07. The highest BCUT2D eigenvalue weighted by molar-refractivity contribution is 9.10. The standard InChI is InChI=1S/C14H13BrN2O2/c15-12-3-5-13(6-4-12)19-10-14(18)17-9-11-2-1-7-16-8-11/h1-8H,9-10H2,(H,17,18). The van der Waals surface area contributed by atoms with Gasteiger partial charge in [0.15, 0.2) is 6.61 Å². The molecule has 98 valence electrons. The molecule has 0 atom stereocenters. The van der Waals surface area contributed by atoms with Crippen LogP contribution in [-0.4, -0.2) is 17.5 Å². The lowest BCUT2D eigenvalue weighted by atomic mass is 10.3. The number of rotatable bonds is 5. The zero-order valence-electron chi connectivity index (χ0n) is 10.2. The fraction of sp³-hybridized carbons (Fsp3) is 0.143. The molecule has 4 nitrogen and oxygen atoms in total. The number of nitrogens with one attached hydrogen (secondary N) is 1. The topological polar surface area (TPSA) is 51.2 Å². The molecule has 1 aromatic heterocycles. The Morgan fingerprint density at radius 1 is 1.26 bits per heavy atom. The largest absolute Gasteiger partial charge is 0.484 e. The summed E-state index contributed by atoms with van der Waals surface area (Å²) >= 11 is 3.34. The summed E-state index contributed by atoms with van der Waals surface area (Å²) in [6.07, 6.45) is 3.41. The summed E-state index contributed by atoms with van der Waals surface area (Å²) in [6, 6.07) is 11.1. The highest BCUT2D eigenvalue weighted by atomic mass is 79.9. The first-order valence-corrected chi connectivity index (χ1v) is 6.57. The second kappa shape index (κ2) is 6.89. The highest BCUT2D eigenvalue weighted by Gasteiger charge is 2.02. The Morgan fingerprint density at radius 3 is 2.74 bits per heavy atom. The molecule has 0 saturated heterocycles. The van der Waals surface area contributed by atoms with Crippen LogP contribution in [-0.2, 0) is 11.3 Å². The first-order chi connectivity index (χ1) is 9.24. The van der Waals surface area contributed by atoms with Crippen LogP contribution in [0.4, 0.5) is 0 Å². The van der Waals surface area contributed by atoms with Crippen molar-refractivity contribution < 1.29 is 9.53 Å². The second-order valence-corrected chi connectivity index (χ2v) is 4.80. The van der Waals surface area contributed by atoms with Crippen molar-refractivity contribution in [2.24, 2.45) is 0 Å². The van der Waals surface area contributed by atoms with Gasteiger partial charge in [-0.25, -0.2) is 0 Å². The molecule has 0 spiro atoms. The van der Waals surface area contributed by atoms with Gasteiger partial charge in [-0.3, -0.25) is 9.78 Å². The van der Waals surface area contributed by atoms with Crippen molar-refractivity contribution in [3.63, 3.8) is 0 Å². The van der Waals surface area contributed by atoms with Gasteiger partial charge in [0.05, 0.1) is 0 Å². The van der Waals surface area contributed by atoms with Gasteiger partial charge in [0.1, 0.15) is 5.75 Å². The average molecular weight is 321 g/mol. The van der Waals surface area contributed by atoms with Gasteiger partial charge in [0, 0.05) is 23.4 Å². The van der Waals surface area contributed by atoms with Crippen LogP contribution in [0.1, 0.15) is 5.56 Å². The molecule has 1 heterocycles. The van der Waals surface area contributed by atoms with E-state index in [0.717, 1.165) is 10.0 Å². The number of aromatic nitrogens is 1. The summed E-state index contributed by atoms with van der Waals surface area (Å²) < 4.78 is 6.34. The van der Waals surface area contributed by atoms with Gasteiger partial charge in [-0.05, 0) is 35.9 Å². The van der Waals surface area contributed by atoms with E-state index in [4.69, 9.17) is 4.74 Å². The van der Waals surface area contributed by atoms with Gasteiger partial charge in [-0.2, -0.15) is 0 Å².